The lowest BCUT2D eigenvalue weighted by Gasteiger charge is -2.15. The van der Waals surface area contributed by atoms with Crippen molar-refractivity contribution in [3.8, 4) is 17.0 Å². The van der Waals surface area contributed by atoms with Crippen molar-refractivity contribution in [3.63, 3.8) is 0 Å². The van der Waals surface area contributed by atoms with Crippen LogP contribution in [-0.2, 0) is 6.61 Å². The summed E-state index contributed by atoms with van der Waals surface area (Å²) in [5.74, 6) is 0.0922. The van der Waals surface area contributed by atoms with Gasteiger partial charge in [0.25, 0.3) is 0 Å². The Morgan fingerprint density at radius 3 is 2.41 bits per heavy atom. The van der Waals surface area contributed by atoms with Crippen LogP contribution in [0.15, 0.2) is 48.5 Å². The minimum absolute atomic E-state index is 0.0235. The highest BCUT2D eigenvalue weighted by atomic mass is 16.5. The van der Waals surface area contributed by atoms with Crippen LogP contribution in [0.1, 0.15) is 32.7 Å². The number of hydrogen-bond acceptors (Lipinski definition) is 5. The molecule has 1 aromatic heterocycles. The Bertz CT molecular complexity index is 1010. The largest absolute Gasteiger partial charge is 0.481 e. The maximum absolute atomic E-state index is 13.1. The number of aliphatic hydroxyl groups excluding tert-OH is 1. The van der Waals surface area contributed by atoms with E-state index in [0.29, 0.717) is 17.1 Å². The standard InChI is InChI=1S/C22H22N2O3/c1-13-15(12-25)6-4-7-17(13)18-8-5-9-19(14(18)2)22(26)20-10-16(23)11-21(24-20)27-3/h4-11,25H,12H2,1-3H3,(H2,23,24). The van der Waals surface area contributed by atoms with Crippen molar-refractivity contribution in [3.05, 3.63) is 76.5 Å². The number of pyridine rings is 1. The second kappa shape index (κ2) is 7.60. The molecule has 0 saturated carbocycles. The lowest BCUT2D eigenvalue weighted by atomic mass is 9.90. The van der Waals surface area contributed by atoms with E-state index < -0.39 is 0 Å². The number of ketones is 1. The van der Waals surface area contributed by atoms with Gasteiger partial charge in [0.15, 0.2) is 0 Å². The zero-order valence-electron chi connectivity index (χ0n) is 15.6. The molecule has 0 aliphatic carbocycles. The molecule has 0 amide bonds. The van der Waals surface area contributed by atoms with Crippen LogP contribution in [0.2, 0.25) is 0 Å². The van der Waals surface area contributed by atoms with Crippen LogP contribution in [0.3, 0.4) is 0 Å². The molecule has 3 rings (SSSR count). The molecule has 0 spiro atoms. The summed E-state index contributed by atoms with van der Waals surface area (Å²) < 4.78 is 5.12. The van der Waals surface area contributed by atoms with Gasteiger partial charge in [-0.25, -0.2) is 4.98 Å². The van der Waals surface area contributed by atoms with Crippen molar-refractivity contribution in [2.45, 2.75) is 20.5 Å². The van der Waals surface area contributed by atoms with Crippen LogP contribution in [0, 0.1) is 13.8 Å². The highest BCUT2D eigenvalue weighted by Crippen LogP contribution is 2.31. The van der Waals surface area contributed by atoms with Crippen molar-refractivity contribution in [2.24, 2.45) is 0 Å². The van der Waals surface area contributed by atoms with Crippen molar-refractivity contribution in [1.29, 1.82) is 0 Å². The minimum atomic E-state index is -0.212. The molecule has 0 bridgehead atoms. The van der Waals surface area contributed by atoms with E-state index in [2.05, 4.69) is 4.98 Å². The smallest absolute Gasteiger partial charge is 0.215 e. The Kier molecular flexibility index (Phi) is 5.23. The number of methoxy groups -OCH3 is 1. The summed E-state index contributed by atoms with van der Waals surface area (Å²) >= 11 is 0. The molecule has 2 aromatic carbocycles. The van der Waals surface area contributed by atoms with Crippen molar-refractivity contribution < 1.29 is 14.6 Å². The summed E-state index contributed by atoms with van der Waals surface area (Å²) in [6.07, 6.45) is 0. The first-order valence-electron chi connectivity index (χ1n) is 8.61. The third-order valence-corrected chi connectivity index (χ3v) is 4.75. The first kappa shape index (κ1) is 18.6. The molecule has 27 heavy (non-hydrogen) atoms. The third kappa shape index (κ3) is 3.55. The normalized spacial score (nSPS) is 10.7. The van der Waals surface area contributed by atoms with Crippen LogP contribution < -0.4 is 10.5 Å². The number of benzene rings is 2. The van der Waals surface area contributed by atoms with E-state index in [9.17, 15) is 9.90 Å². The molecule has 0 saturated heterocycles. The number of aliphatic hydroxyl groups is 1. The quantitative estimate of drug-likeness (QED) is 0.676. The fourth-order valence-corrected chi connectivity index (χ4v) is 3.20. The van der Waals surface area contributed by atoms with Crippen LogP contribution in [0.25, 0.3) is 11.1 Å². The molecule has 1 heterocycles. The van der Waals surface area contributed by atoms with E-state index in [4.69, 9.17) is 10.5 Å². The number of nitrogens with two attached hydrogens (primary N) is 1. The SMILES string of the molecule is COc1cc(N)cc(C(=O)c2cccc(-c3cccc(CO)c3C)c2C)n1. The summed E-state index contributed by atoms with van der Waals surface area (Å²) in [5.41, 5.74) is 11.7. The topological polar surface area (TPSA) is 85.4 Å². The second-order valence-corrected chi connectivity index (χ2v) is 6.38. The zero-order valence-corrected chi connectivity index (χ0v) is 15.6. The maximum atomic E-state index is 13.1. The average molecular weight is 362 g/mol. The van der Waals surface area contributed by atoms with Crippen LogP contribution in [-0.4, -0.2) is 23.0 Å². The van der Waals surface area contributed by atoms with Crippen LogP contribution in [0.4, 0.5) is 5.69 Å². The molecule has 138 valence electrons. The number of anilines is 1. The lowest BCUT2D eigenvalue weighted by molar-refractivity contribution is 0.103. The number of nitrogen functional groups attached to an aromatic ring is 1. The van der Waals surface area contributed by atoms with Gasteiger partial charge in [0.2, 0.25) is 11.7 Å². The van der Waals surface area contributed by atoms with Crippen molar-refractivity contribution >= 4 is 11.5 Å². The van der Waals surface area contributed by atoms with E-state index >= 15 is 0 Å². The highest BCUT2D eigenvalue weighted by molar-refractivity contribution is 6.10. The lowest BCUT2D eigenvalue weighted by Crippen LogP contribution is -2.09. The Morgan fingerprint density at radius 1 is 1.07 bits per heavy atom. The molecule has 3 aromatic rings. The fraction of sp³-hybridized carbons (Fsp3) is 0.182. The molecular formula is C22H22N2O3. The van der Waals surface area contributed by atoms with Crippen LogP contribution >= 0.6 is 0 Å². The van der Waals surface area contributed by atoms with Gasteiger partial charge in [-0.2, -0.15) is 0 Å². The predicted molar refractivity (Wildman–Crippen MR) is 106 cm³/mol. The van der Waals surface area contributed by atoms with E-state index in [-0.39, 0.29) is 18.1 Å². The van der Waals surface area contributed by atoms with E-state index in [0.717, 1.165) is 27.8 Å². The van der Waals surface area contributed by atoms with Gasteiger partial charge in [-0.1, -0.05) is 36.4 Å². The average Bonchev–Trinajstić information content (AvgIpc) is 2.67. The summed E-state index contributed by atoms with van der Waals surface area (Å²) in [6.45, 7) is 3.86. The van der Waals surface area contributed by atoms with E-state index in [1.807, 2.05) is 44.2 Å². The second-order valence-electron chi connectivity index (χ2n) is 6.38. The summed E-state index contributed by atoms with van der Waals surface area (Å²) in [6, 6.07) is 14.5. The Labute approximate surface area is 158 Å². The summed E-state index contributed by atoms with van der Waals surface area (Å²) in [4.78, 5) is 17.3. The van der Waals surface area contributed by atoms with Gasteiger partial charge in [-0.15, -0.1) is 0 Å². The molecule has 0 radical (unpaired) electrons. The van der Waals surface area contributed by atoms with Crippen molar-refractivity contribution in [1.82, 2.24) is 4.98 Å². The number of carbonyl (C=O) groups is 1. The van der Waals surface area contributed by atoms with Crippen molar-refractivity contribution in [2.75, 3.05) is 12.8 Å². The molecule has 0 fully saturated rings. The molecule has 5 nitrogen and oxygen atoms in total. The number of carbonyl (C=O) groups excluding carboxylic acids is 1. The fourth-order valence-electron chi connectivity index (χ4n) is 3.20. The van der Waals surface area contributed by atoms with Gasteiger partial charge in [0, 0.05) is 17.3 Å². The maximum Gasteiger partial charge on any atom is 0.215 e. The first-order valence-corrected chi connectivity index (χ1v) is 8.61. The predicted octanol–water partition coefficient (Wildman–Crippen LogP) is 3.68. The monoisotopic (exact) mass is 362 g/mol. The zero-order chi connectivity index (χ0) is 19.6. The van der Waals surface area contributed by atoms with Gasteiger partial charge < -0.3 is 15.6 Å². The Balaban J connectivity index is 2.11. The molecule has 5 heteroatoms. The highest BCUT2D eigenvalue weighted by Gasteiger charge is 2.18. The summed E-state index contributed by atoms with van der Waals surface area (Å²) in [7, 11) is 1.48. The van der Waals surface area contributed by atoms with E-state index in [1.54, 1.807) is 18.2 Å². The Morgan fingerprint density at radius 2 is 1.74 bits per heavy atom. The number of rotatable bonds is 5. The first-order chi connectivity index (χ1) is 13.0. The number of hydrogen-bond donors (Lipinski definition) is 2. The van der Waals surface area contributed by atoms with Crippen LogP contribution in [0.5, 0.6) is 5.88 Å². The third-order valence-electron chi connectivity index (χ3n) is 4.75. The van der Waals surface area contributed by atoms with E-state index in [1.165, 1.54) is 7.11 Å². The Hall–Kier alpha value is -3.18. The number of aromatic nitrogens is 1. The molecule has 0 unspecified atom stereocenters. The van der Waals surface area contributed by atoms with Gasteiger partial charge in [-0.05, 0) is 47.7 Å². The van der Waals surface area contributed by atoms with Gasteiger partial charge in [0.1, 0.15) is 5.69 Å². The van der Waals surface area contributed by atoms with Gasteiger partial charge >= 0.3 is 0 Å². The molecule has 0 aliphatic rings. The number of ether oxygens (including phenoxy) is 1. The molecule has 0 atom stereocenters. The minimum Gasteiger partial charge on any atom is -0.481 e. The number of nitrogens with zero attached hydrogens (tertiary/aromatic N) is 1. The van der Waals surface area contributed by atoms with Gasteiger partial charge in [0.05, 0.1) is 13.7 Å². The van der Waals surface area contributed by atoms with Gasteiger partial charge in [-0.3, -0.25) is 4.79 Å². The molecule has 3 N–H and O–H groups in total. The molecular weight excluding hydrogens is 340 g/mol. The molecule has 0 aliphatic heterocycles. The summed E-state index contributed by atoms with van der Waals surface area (Å²) in [5, 5.41) is 9.54.